The molecule has 1 aromatic heterocycles. The Balaban J connectivity index is 2.04. The lowest BCUT2D eigenvalue weighted by atomic mass is 9.76. The molecular formula is C13H19NO4S. The van der Waals surface area contributed by atoms with E-state index in [4.69, 9.17) is 4.42 Å². The van der Waals surface area contributed by atoms with Gasteiger partial charge < -0.3 is 4.42 Å². The van der Waals surface area contributed by atoms with Gasteiger partial charge in [0.15, 0.2) is 12.0 Å². The quantitative estimate of drug-likeness (QED) is 0.861. The number of nitrogens with one attached hydrogen (secondary N) is 1. The summed E-state index contributed by atoms with van der Waals surface area (Å²) in [5.41, 5.74) is 0.289. The van der Waals surface area contributed by atoms with Gasteiger partial charge in [-0.3, -0.25) is 4.79 Å². The van der Waals surface area contributed by atoms with Crippen LogP contribution in [0.1, 0.15) is 50.1 Å². The van der Waals surface area contributed by atoms with E-state index >= 15 is 0 Å². The largest absolute Gasteiger partial charge is 0.440 e. The minimum atomic E-state index is -3.66. The molecule has 0 aromatic carbocycles. The van der Waals surface area contributed by atoms with E-state index in [1.165, 1.54) is 12.1 Å². The molecule has 2 rings (SSSR count). The lowest BCUT2D eigenvalue weighted by Crippen LogP contribution is -2.39. The number of carbonyl (C=O) groups excluding carboxylic acids is 1. The maximum Gasteiger partial charge on any atom is 0.274 e. The molecule has 0 saturated heterocycles. The number of hydrogen-bond donors (Lipinski definition) is 1. The summed E-state index contributed by atoms with van der Waals surface area (Å²) in [6.07, 6.45) is 4.14. The van der Waals surface area contributed by atoms with Crippen LogP contribution in [0, 0.1) is 5.41 Å². The Morgan fingerprint density at radius 2 is 1.95 bits per heavy atom. The maximum atomic E-state index is 12.1. The second-order valence-corrected chi connectivity index (χ2v) is 7.48. The molecule has 0 spiro atoms. The third-order valence-electron chi connectivity index (χ3n) is 3.64. The van der Waals surface area contributed by atoms with Crippen molar-refractivity contribution in [2.24, 2.45) is 5.41 Å². The zero-order valence-corrected chi connectivity index (χ0v) is 12.0. The summed E-state index contributed by atoms with van der Waals surface area (Å²) < 4.78 is 31.8. The summed E-state index contributed by atoms with van der Waals surface area (Å²) in [5.74, 6) is 0.0187. The molecule has 1 fully saturated rings. The highest BCUT2D eigenvalue weighted by atomic mass is 32.2. The first-order valence-electron chi connectivity index (χ1n) is 6.40. The van der Waals surface area contributed by atoms with Crippen molar-refractivity contribution in [3.05, 3.63) is 17.9 Å². The Morgan fingerprint density at radius 3 is 2.47 bits per heavy atom. The van der Waals surface area contributed by atoms with E-state index in [2.05, 4.69) is 18.6 Å². The molecule has 0 unspecified atom stereocenters. The second-order valence-electron chi connectivity index (χ2n) is 5.83. The summed E-state index contributed by atoms with van der Waals surface area (Å²) in [6, 6.07) is 2.60. The van der Waals surface area contributed by atoms with Crippen LogP contribution in [0.15, 0.2) is 21.6 Å². The van der Waals surface area contributed by atoms with Gasteiger partial charge in [0, 0.05) is 6.04 Å². The minimum absolute atomic E-state index is 0.0187. The van der Waals surface area contributed by atoms with Crippen LogP contribution >= 0.6 is 0 Å². The van der Waals surface area contributed by atoms with Gasteiger partial charge in [0.2, 0.25) is 5.09 Å². The first-order valence-corrected chi connectivity index (χ1v) is 7.88. The molecule has 0 atom stereocenters. The van der Waals surface area contributed by atoms with Gasteiger partial charge in [-0.15, -0.1) is 0 Å². The van der Waals surface area contributed by atoms with Crippen LogP contribution in [0.5, 0.6) is 0 Å². The SMILES string of the molecule is CC1(C)CCC(NS(=O)(=O)c2ccc(C=O)o2)CC1. The van der Waals surface area contributed by atoms with E-state index in [9.17, 15) is 13.2 Å². The number of rotatable bonds is 4. The number of sulfonamides is 1. The van der Waals surface area contributed by atoms with Crippen molar-refractivity contribution in [3.8, 4) is 0 Å². The Labute approximate surface area is 113 Å². The molecule has 1 aromatic rings. The Bertz CT molecular complexity index is 549. The topological polar surface area (TPSA) is 76.4 Å². The van der Waals surface area contributed by atoms with Gasteiger partial charge in [0.1, 0.15) is 0 Å². The Kier molecular flexibility index (Phi) is 3.82. The molecule has 0 bridgehead atoms. The van der Waals surface area contributed by atoms with Crippen LogP contribution < -0.4 is 4.72 Å². The monoisotopic (exact) mass is 285 g/mol. The maximum absolute atomic E-state index is 12.1. The normalized spacial score (nSPS) is 20.3. The van der Waals surface area contributed by atoms with Gasteiger partial charge in [-0.2, -0.15) is 0 Å². The Morgan fingerprint density at radius 1 is 1.32 bits per heavy atom. The molecule has 1 N–H and O–H groups in total. The summed E-state index contributed by atoms with van der Waals surface area (Å²) in [5, 5.41) is -0.195. The van der Waals surface area contributed by atoms with Crippen LogP contribution in [0.3, 0.4) is 0 Å². The predicted molar refractivity (Wildman–Crippen MR) is 70.5 cm³/mol. The zero-order valence-electron chi connectivity index (χ0n) is 11.2. The van der Waals surface area contributed by atoms with Gasteiger partial charge in [-0.05, 0) is 43.2 Å². The van der Waals surface area contributed by atoms with E-state index in [1.807, 2.05) is 0 Å². The van der Waals surface area contributed by atoms with Gasteiger partial charge in [0.05, 0.1) is 0 Å². The molecule has 106 valence electrons. The highest BCUT2D eigenvalue weighted by Crippen LogP contribution is 2.35. The van der Waals surface area contributed by atoms with Gasteiger partial charge in [-0.1, -0.05) is 13.8 Å². The molecule has 0 radical (unpaired) electrons. The summed E-state index contributed by atoms with van der Waals surface area (Å²) in [4.78, 5) is 10.5. The standard InChI is InChI=1S/C13H19NO4S/c1-13(2)7-5-10(6-8-13)14-19(16,17)12-4-3-11(9-15)18-12/h3-4,9-10,14H,5-8H2,1-2H3. The fourth-order valence-corrected chi connectivity index (χ4v) is 3.58. The highest BCUT2D eigenvalue weighted by molar-refractivity contribution is 7.89. The van der Waals surface area contributed by atoms with E-state index < -0.39 is 10.0 Å². The zero-order chi connectivity index (χ0) is 14.1. The average molecular weight is 285 g/mol. The van der Waals surface area contributed by atoms with Crippen molar-refractivity contribution in [1.29, 1.82) is 0 Å². The molecule has 5 nitrogen and oxygen atoms in total. The van der Waals surface area contributed by atoms with Crippen LogP contribution in [0.25, 0.3) is 0 Å². The van der Waals surface area contributed by atoms with Crippen molar-refractivity contribution in [1.82, 2.24) is 4.72 Å². The molecule has 6 heteroatoms. The molecule has 1 aliphatic carbocycles. The third kappa shape index (κ3) is 3.45. The first kappa shape index (κ1) is 14.3. The number of furan rings is 1. The third-order valence-corrected chi connectivity index (χ3v) is 5.04. The average Bonchev–Trinajstić information content (AvgIpc) is 2.81. The van der Waals surface area contributed by atoms with Gasteiger partial charge in [-0.25, -0.2) is 13.1 Å². The summed E-state index contributed by atoms with van der Waals surface area (Å²) >= 11 is 0. The summed E-state index contributed by atoms with van der Waals surface area (Å²) in [6.45, 7) is 4.39. The lowest BCUT2D eigenvalue weighted by molar-refractivity contribution is 0.109. The fourth-order valence-electron chi connectivity index (χ4n) is 2.34. The molecule has 19 heavy (non-hydrogen) atoms. The molecule has 0 amide bonds. The van der Waals surface area contributed by atoms with Crippen molar-refractivity contribution in [2.75, 3.05) is 0 Å². The Hall–Kier alpha value is -1.14. The van der Waals surface area contributed by atoms with Gasteiger partial charge >= 0.3 is 0 Å². The smallest absolute Gasteiger partial charge is 0.274 e. The van der Waals surface area contributed by atoms with Gasteiger partial charge in [0.25, 0.3) is 10.0 Å². The van der Waals surface area contributed by atoms with Crippen molar-refractivity contribution >= 4 is 16.3 Å². The number of hydrogen-bond acceptors (Lipinski definition) is 4. The van der Waals surface area contributed by atoms with Crippen molar-refractivity contribution in [3.63, 3.8) is 0 Å². The molecular weight excluding hydrogens is 266 g/mol. The van der Waals surface area contributed by atoms with Crippen LogP contribution in [0.4, 0.5) is 0 Å². The van der Waals surface area contributed by atoms with Crippen LogP contribution in [-0.2, 0) is 10.0 Å². The lowest BCUT2D eigenvalue weighted by Gasteiger charge is -2.34. The van der Waals surface area contributed by atoms with Crippen molar-refractivity contribution < 1.29 is 17.6 Å². The number of aldehydes is 1. The van der Waals surface area contributed by atoms with E-state index in [-0.39, 0.29) is 22.3 Å². The predicted octanol–water partition coefficient (Wildman–Crippen LogP) is 2.34. The van der Waals surface area contributed by atoms with Crippen molar-refractivity contribution in [2.45, 2.75) is 50.7 Å². The molecule has 1 heterocycles. The van der Waals surface area contributed by atoms with Crippen LogP contribution in [0.2, 0.25) is 0 Å². The molecule has 0 aliphatic heterocycles. The molecule has 1 saturated carbocycles. The number of carbonyl (C=O) groups is 1. The highest BCUT2D eigenvalue weighted by Gasteiger charge is 2.30. The molecule has 1 aliphatic rings. The first-order chi connectivity index (χ1) is 8.82. The second kappa shape index (κ2) is 5.09. The van der Waals surface area contributed by atoms with E-state index in [0.29, 0.717) is 6.29 Å². The van der Waals surface area contributed by atoms with E-state index in [0.717, 1.165) is 25.7 Å². The van der Waals surface area contributed by atoms with E-state index in [1.54, 1.807) is 0 Å². The summed E-state index contributed by atoms with van der Waals surface area (Å²) in [7, 11) is -3.66. The van der Waals surface area contributed by atoms with Crippen LogP contribution in [-0.4, -0.2) is 20.7 Å². The minimum Gasteiger partial charge on any atom is -0.440 e. The fraction of sp³-hybridized carbons (Fsp3) is 0.615.